The predicted octanol–water partition coefficient (Wildman–Crippen LogP) is 2.50. The molecule has 0 fully saturated rings. The van der Waals surface area contributed by atoms with Gasteiger partial charge in [0.25, 0.3) is 0 Å². The van der Waals surface area contributed by atoms with Crippen molar-refractivity contribution in [3.05, 3.63) is 48.2 Å². The Morgan fingerprint density at radius 3 is 2.48 bits per heavy atom. The van der Waals surface area contributed by atoms with Crippen LogP contribution < -0.4 is 10.1 Å². The first kappa shape index (κ1) is 15.3. The van der Waals surface area contributed by atoms with Crippen LogP contribution in [-0.2, 0) is 16.4 Å². The van der Waals surface area contributed by atoms with Gasteiger partial charge in [-0.1, -0.05) is 13.0 Å². The lowest BCUT2D eigenvalue weighted by Gasteiger charge is -2.08. The molecule has 0 atom stereocenters. The molecular weight excluding hydrogens is 288 g/mol. The SMILES string of the molecule is CCS(=O)(=O)c1ccc(NCc2cccc(OC)n2)cc1. The van der Waals surface area contributed by atoms with E-state index in [0.717, 1.165) is 11.4 Å². The fraction of sp³-hybridized carbons (Fsp3) is 0.267. The fourth-order valence-corrected chi connectivity index (χ4v) is 2.69. The zero-order valence-corrected chi connectivity index (χ0v) is 12.9. The first-order valence-electron chi connectivity index (χ1n) is 6.62. The molecule has 21 heavy (non-hydrogen) atoms. The molecule has 0 saturated carbocycles. The summed E-state index contributed by atoms with van der Waals surface area (Å²) in [6, 6.07) is 12.3. The molecule has 0 saturated heterocycles. The molecule has 1 heterocycles. The minimum atomic E-state index is -3.15. The largest absolute Gasteiger partial charge is 0.481 e. The number of nitrogens with zero attached hydrogens (tertiary/aromatic N) is 1. The van der Waals surface area contributed by atoms with E-state index in [0.29, 0.717) is 17.3 Å². The number of anilines is 1. The summed E-state index contributed by atoms with van der Waals surface area (Å²) < 4.78 is 28.5. The highest BCUT2D eigenvalue weighted by atomic mass is 32.2. The summed E-state index contributed by atoms with van der Waals surface area (Å²) in [6.07, 6.45) is 0. The first-order chi connectivity index (χ1) is 10.0. The molecule has 0 amide bonds. The average Bonchev–Trinajstić information content (AvgIpc) is 2.53. The van der Waals surface area contributed by atoms with Gasteiger partial charge in [0.2, 0.25) is 5.88 Å². The lowest BCUT2D eigenvalue weighted by Crippen LogP contribution is -2.05. The molecule has 1 aromatic heterocycles. The van der Waals surface area contributed by atoms with Crippen LogP contribution in [0.3, 0.4) is 0 Å². The molecule has 0 spiro atoms. The van der Waals surface area contributed by atoms with Gasteiger partial charge in [-0.2, -0.15) is 0 Å². The maximum atomic E-state index is 11.7. The number of hydrogen-bond donors (Lipinski definition) is 1. The van der Waals surface area contributed by atoms with Crippen LogP contribution in [0, 0.1) is 0 Å². The third-order valence-corrected chi connectivity index (χ3v) is 4.81. The molecule has 2 aromatic rings. The van der Waals surface area contributed by atoms with Gasteiger partial charge in [-0.25, -0.2) is 13.4 Å². The number of hydrogen-bond acceptors (Lipinski definition) is 5. The summed E-state index contributed by atoms with van der Waals surface area (Å²) in [7, 11) is -1.57. The maximum absolute atomic E-state index is 11.7. The van der Waals surface area contributed by atoms with E-state index in [1.54, 1.807) is 44.4 Å². The second kappa shape index (κ2) is 6.58. The Hall–Kier alpha value is -2.08. The Kier molecular flexibility index (Phi) is 4.80. The first-order valence-corrected chi connectivity index (χ1v) is 8.27. The van der Waals surface area contributed by atoms with Crippen molar-refractivity contribution in [3.63, 3.8) is 0 Å². The Labute approximate surface area is 124 Å². The van der Waals surface area contributed by atoms with Gasteiger partial charge in [0.1, 0.15) is 0 Å². The van der Waals surface area contributed by atoms with Crippen molar-refractivity contribution in [1.29, 1.82) is 0 Å². The summed E-state index contributed by atoms with van der Waals surface area (Å²) in [5.41, 5.74) is 1.69. The minimum absolute atomic E-state index is 0.105. The molecular formula is C15H18N2O3S. The maximum Gasteiger partial charge on any atom is 0.213 e. The summed E-state index contributed by atoms with van der Waals surface area (Å²) in [5, 5.41) is 3.20. The monoisotopic (exact) mass is 306 g/mol. The molecule has 112 valence electrons. The topological polar surface area (TPSA) is 68.3 Å². The zero-order chi connectivity index (χ0) is 15.3. The normalized spacial score (nSPS) is 11.1. The van der Waals surface area contributed by atoms with Gasteiger partial charge >= 0.3 is 0 Å². The van der Waals surface area contributed by atoms with Crippen molar-refractivity contribution in [2.24, 2.45) is 0 Å². The van der Waals surface area contributed by atoms with Crippen LogP contribution in [0.15, 0.2) is 47.4 Å². The van der Waals surface area contributed by atoms with E-state index in [-0.39, 0.29) is 5.75 Å². The molecule has 0 aliphatic heterocycles. The molecule has 0 aliphatic carbocycles. The van der Waals surface area contributed by atoms with Crippen LogP contribution in [-0.4, -0.2) is 26.3 Å². The number of aromatic nitrogens is 1. The number of ether oxygens (including phenoxy) is 1. The van der Waals surface area contributed by atoms with E-state index in [2.05, 4.69) is 10.3 Å². The van der Waals surface area contributed by atoms with Gasteiger partial charge in [-0.3, -0.25) is 0 Å². The average molecular weight is 306 g/mol. The quantitative estimate of drug-likeness (QED) is 0.888. The molecule has 6 heteroatoms. The van der Waals surface area contributed by atoms with Crippen molar-refractivity contribution in [2.75, 3.05) is 18.2 Å². The van der Waals surface area contributed by atoms with Crippen molar-refractivity contribution in [3.8, 4) is 5.88 Å². The third kappa shape index (κ3) is 3.95. The van der Waals surface area contributed by atoms with Gasteiger partial charge < -0.3 is 10.1 Å². The van der Waals surface area contributed by atoms with Gasteiger partial charge in [0.05, 0.1) is 30.0 Å². The fourth-order valence-electron chi connectivity index (χ4n) is 1.81. The van der Waals surface area contributed by atoms with Crippen molar-refractivity contribution < 1.29 is 13.2 Å². The highest BCUT2D eigenvalue weighted by molar-refractivity contribution is 7.91. The summed E-state index contributed by atoms with van der Waals surface area (Å²) in [4.78, 5) is 4.64. The Bertz CT molecular complexity index is 697. The lowest BCUT2D eigenvalue weighted by molar-refractivity contribution is 0.396. The van der Waals surface area contributed by atoms with Crippen molar-refractivity contribution >= 4 is 15.5 Å². The molecule has 5 nitrogen and oxygen atoms in total. The van der Waals surface area contributed by atoms with Gasteiger partial charge in [0.15, 0.2) is 9.84 Å². The van der Waals surface area contributed by atoms with Crippen LogP contribution >= 0.6 is 0 Å². The molecule has 0 bridgehead atoms. The van der Waals surface area contributed by atoms with Gasteiger partial charge in [0, 0.05) is 11.8 Å². The number of pyridine rings is 1. The highest BCUT2D eigenvalue weighted by Crippen LogP contribution is 2.16. The van der Waals surface area contributed by atoms with Crippen LogP contribution in [0.4, 0.5) is 5.69 Å². The minimum Gasteiger partial charge on any atom is -0.481 e. The summed E-state index contributed by atoms with van der Waals surface area (Å²) >= 11 is 0. The predicted molar refractivity (Wildman–Crippen MR) is 82.3 cm³/mol. The van der Waals surface area contributed by atoms with Crippen molar-refractivity contribution in [1.82, 2.24) is 4.98 Å². The van der Waals surface area contributed by atoms with E-state index in [1.165, 1.54) is 0 Å². The zero-order valence-electron chi connectivity index (χ0n) is 12.0. The smallest absolute Gasteiger partial charge is 0.213 e. The van der Waals surface area contributed by atoms with Gasteiger partial charge in [-0.15, -0.1) is 0 Å². The number of methoxy groups -OCH3 is 1. The molecule has 1 aromatic carbocycles. The van der Waals surface area contributed by atoms with E-state index >= 15 is 0 Å². The number of benzene rings is 1. The number of rotatable bonds is 6. The molecule has 2 rings (SSSR count). The van der Waals surface area contributed by atoms with E-state index < -0.39 is 9.84 Å². The number of nitrogens with one attached hydrogen (secondary N) is 1. The lowest BCUT2D eigenvalue weighted by atomic mass is 10.3. The summed E-state index contributed by atoms with van der Waals surface area (Å²) in [5.74, 6) is 0.673. The Morgan fingerprint density at radius 1 is 1.14 bits per heavy atom. The van der Waals surface area contributed by atoms with Crippen LogP contribution in [0.5, 0.6) is 5.88 Å². The Morgan fingerprint density at radius 2 is 1.86 bits per heavy atom. The van der Waals surface area contributed by atoms with Crippen molar-refractivity contribution in [2.45, 2.75) is 18.4 Å². The van der Waals surface area contributed by atoms with E-state index in [4.69, 9.17) is 4.74 Å². The van der Waals surface area contributed by atoms with E-state index in [1.807, 2.05) is 12.1 Å². The third-order valence-electron chi connectivity index (χ3n) is 3.06. The number of sulfone groups is 1. The summed E-state index contributed by atoms with van der Waals surface area (Å²) in [6.45, 7) is 2.17. The molecule has 0 radical (unpaired) electrons. The van der Waals surface area contributed by atoms with Crippen LogP contribution in [0.1, 0.15) is 12.6 Å². The second-order valence-corrected chi connectivity index (χ2v) is 6.73. The molecule has 0 aliphatic rings. The second-order valence-electron chi connectivity index (χ2n) is 4.45. The molecule has 0 unspecified atom stereocenters. The Balaban J connectivity index is 2.04. The standard InChI is InChI=1S/C15H18N2O3S/c1-3-21(18,19)14-9-7-12(8-10-14)16-11-13-5-4-6-15(17-13)20-2/h4-10,16H,3,11H2,1-2H3. The van der Waals surface area contributed by atoms with Crippen LogP contribution in [0.2, 0.25) is 0 Å². The molecule has 1 N–H and O–H groups in total. The van der Waals surface area contributed by atoms with E-state index in [9.17, 15) is 8.42 Å². The van der Waals surface area contributed by atoms with Gasteiger partial charge in [-0.05, 0) is 30.3 Å². The van der Waals surface area contributed by atoms with Crippen LogP contribution in [0.25, 0.3) is 0 Å². The highest BCUT2D eigenvalue weighted by Gasteiger charge is 2.10.